The van der Waals surface area contributed by atoms with Gasteiger partial charge in [-0.05, 0) is 56.2 Å². The molecule has 0 saturated heterocycles. The van der Waals surface area contributed by atoms with Crippen LogP contribution in [0, 0.1) is 13.8 Å². The summed E-state index contributed by atoms with van der Waals surface area (Å²) in [5.74, 6) is 1.17. The Kier molecular flexibility index (Phi) is 7.29. The lowest BCUT2D eigenvalue weighted by Gasteiger charge is -2.11. The van der Waals surface area contributed by atoms with Gasteiger partial charge in [0.05, 0.1) is 6.61 Å². The molecular weight excluding hydrogens is 318 g/mol. The summed E-state index contributed by atoms with van der Waals surface area (Å²) in [4.78, 5) is 12.1. The van der Waals surface area contributed by atoms with Crippen molar-refractivity contribution in [2.75, 3.05) is 31.7 Å². The molecule has 0 spiro atoms. The van der Waals surface area contributed by atoms with E-state index in [1.54, 1.807) is 6.07 Å². The summed E-state index contributed by atoms with van der Waals surface area (Å²) in [6.07, 6.45) is 0. The molecule has 5 heteroatoms. The Labute approximate surface area is 148 Å². The standard InChI is InChI=1S/C20H25NO4/c1-4-23-8-9-24-18-7-5-6-17(13-18)21-20(22)14-25-19-11-15(2)10-16(3)12-19/h5-7,10-13H,4,8-9,14H2,1-3H3,(H,21,22). The van der Waals surface area contributed by atoms with E-state index in [4.69, 9.17) is 14.2 Å². The lowest BCUT2D eigenvalue weighted by molar-refractivity contribution is -0.118. The Morgan fingerprint density at radius 2 is 1.72 bits per heavy atom. The minimum atomic E-state index is -0.217. The molecule has 2 aromatic rings. The fraction of sp³-hybridized carbons (Fsp3) is 0.350. The largest absolute Gasteiger partial charge is 0.491 e. The van der Waals surface area contributed by atoms with E-state index in [0.717, 1.165) is 11.1 Å². The van der Waals surface area contributed by atoms with Gasteiger partial charge in [-0.15, -0.1) is 0 Å². The van der Waals surface area contributed by atoms with Crippen LogP contribution in [0.15, 0.2) is 42.5 Å². The summed E-state index contributed by atoms with van der Waals surface area (Å²) < 4.78 is 16.4. The second-order valence-corrected chi connectivity index (χ2v) is 5.73. The van der Waals surface area contributed by atoms with Crippen molar-refractivity contribution in [2.24, 2.45) is 0 Å². The number of hydrogen-bond acceptors (Lipinski definition) is 4. The molecule has 134 valence electrons. The molecule has 2 aromatic carbocycles. The Hall–Kier alpha value is -2.53. The maximum absolute atomic E-state index is 12.1. The predicted molar refractivity (Wildman–Crippen MR) is 98.5 cm³/mol. The maximum atomic E-state index is 12.1. The zero-order valence-electron chi connectivity index (χ0n) is 15.0. The van der Waals surface area contributed by atoms with Crippen molar-refractivity contribution >= 4 is 11.6 Å². The van der Waals surface area contributed by atoms with Crippen LogP contribution in [0.5, 0.6) is 11.5 Å². The van der Waals surface area contributed by atoms with E-state index in [-0.39, 0.29) is 12.5 Å². The molecular formula is C20H25NO4. The molecule has 0 fully saturated rings. The van der Waals surface area contributed by atoms with Crippen LogP contribution < -0.4 is 14.8 Å². The number of benzene rings is 2. The molecule has 1 N–H and O–H groups in total. The van der Waals surface area contributed by atoms with Crippen molar-refractivity contribution in [2.45, 2.75) is 20.8 Å². The van der Waals surface area contributed by atoms with E-state index < -0.39 is 0 Å². The van der Waals surface area contributed by atoms with Crippen molar-refractivity contribution in [3.05, 3.63) is 53.6 Å². The number of hydrogen-bond donors (Lipinski definition) is 1. The second-order valence-electron chi connectivity index (χ2n) is 5.73. The van der Waals surface area contributed by atoms with E-state index >= 15 is 0 Å². The van der Waals surface area contributed by atoms with Gasteiger partial charge in [-0.25, -0.2) is 0 Å². The number of aryl methyl sites for hydroxylation is 2. The van der Waals surface area contributed by atoms with Gasteiger partial charge in [0.25, 0.3) is 5.91 Å². The first-order chi connectivity index (χ1) is 12.1. The number of rotatable bonds is 9. The van der Waals surface area contributed by atoms with Gasteiger partial charge >= 0.3 is 0 Å². The lowest BCUT2D eigenvalue weighted by atomic mass is 10.1. The van der Waals surface area contributed by atoms with Gasteiger partial charge in [0.1, 0.15) is 18.1 Å². The first kappa shape index (κ1) is 18.8. The van der Waals surface area contributed by atoms with E-state index in [0.29, 0.717) is 37.0 Å². The minimum absolute atomic E-state index is 0.0433. The van der Waals surface area contributed by atoms with Crippen LogP contribution in [-0.4, -0.2) is 32.3 Å². The van der Waals surface area contributed by atoms with Crippen LogP contribution in [0.2, 0.25) is 0 Å². The SMILES string of the molecule is CCOCCOc1cccc(NC(=O)COc2cc(C)cc(C)c2)c1. The quantitative estimate of drug-likeness (QED) is 0.705. The van der Waals surface area contributed by atoms with E-state index in [2.05, 4.69) is 11.4 Å². The number of amides is 1. The van der Waals surface area contributed by atoms with Crippen LogP contribution in [0.4, 0.5) is 5.69 Å². The van der Waals surface area contributed by atoms with Crippen LogP contribution >= 0.6 is 0 Å². The highest BCUT2D eigenvalue weighted by Crippen LogP contribution is 2.18. The van der Waals surface area contributed by atoms with Gasteiger partial charge in [-0.3, -0.25) is 4.79 Å². The molecule has 0 radical (unpaired) electrons. The molecule has 5 nitrogen and oxygen atoms in total. The third kappa shape index (κ3) is 6.85. The molecule has 0 aromatic heterocycles. The molecule has 2 rings (SSSR count). The zero-order chi connectivity index (χ0) is 18.1. The summed E-state index contributed by atoms with van der Waals surface area (Å²) >= 11 is 0. The van der Waals surface area contributed by atoms with Crippen LogP contribution in [-0.2, 0) is 9.53 Å². The van der Waals surface area contributed by atoms with Gasteiger partial charge in [0.2, 0.25) is 0 Å². The molecule has 1 amide bonds. The van der Waals surface area contributed by atoms with E-state index in [1.165, 1.54) is 0 Å². The van der Waals surface area contributed by atoms with Crippen molar-refractivity contribution < 1.29 is 19.0 Å². The van der Waals surface area contributed by atoms with Crippen molar-refractivity contribution in [3.63, 3.8) is 0 Å². The van der Waals surface area contributed by atoms with Crippen LogP contribution in [0.25, 0.3) is 0 Å². The topological polar surface area (TPSA) is 56.8 Å². The highest BCUT2D eigenvalue weighted by molar-refractivity contribution is 5.92. The minimum Gasteiger partial charge on any atom is -0.491 e. The number of anilines is 1. The Bertz CT molecular complexity index is 680. The van der Waals surface area contributed by atoms with Gasteiger partial charge in [-0.2, -0.15) is 0 Å². The van der Waals surface area contributed by atoms with Crippen molar-refractivity contribution in [3.8, 4) is 11.5 Å². The maximum Gasteiger partial charge on any atom is 0.262 e. The fourth-order valence-corrected chi connectivity index (χ4v) is 2.39. The Morgan fingerprint density at radius 3 is 2.44 bits per heavy atom. The molecule has 0 saturated carbocycles. The summed E-state index contributed by atoms with van der Waals surface area (Å²) in [7, 11) is 0. The summed E-state index contributed by atoms with van der Waals surface area (Å²) in [6, 6.07) is 13.1. The normalized spacial score (nSPS) is 10.4. The lowest BCUT2D eigenvalue weighted by Crippen LogP contribution is -2.20. The predicted octanol–water partition coefficient (Wildman–Crippen LogP) is 3.74. The molecule has 0 unspecified atom stereocenters. The second kappa shape index (κ2) is 9.69. The molecule has 0 bridgehead atoms. The Morgan fingerprint density at radius 1 is 0.960 bits per heavy atom. The van der Waals surface area contributed by atoms with Crippen LogP contribution in [0.3, 0.4) is 0 Å². The third-order valence-electron chi connectivity index (χ3n) is 3.38. The monoisotopic (exact) mass is 343 g/mol. The van der Waals surface area contributed by atoms with Crippen molar-refractivity contribution in [1.29, 1.82) is 0 Å². The highest BCUT2D eigenvalue weighted by atomic mass is 16.5. The summed E-state index contributed by atoms with van der Waals surface area (Å²) in [5, 5.41) is 2.81. The van der Waals surface area contributed by atoms with Gasteiger partial charge < -0.3 is 19.5 Å². The average molecular weight is 343 g/mol. The first-order valence-corrected chi connectivity index (χ1v) is 8.38. The molecule has 0 aliphatic rings. The average Bonchev–Trinajstić information content (AvgIpc) is 2.56. The third-order valence-corrected chi connectivity index (χ3v) is 3.38. The zero-order valence-corrected chi connectivity index (χ0v) is 15.0. The number of nitrogens with one attached hydrogen (secondary N) is 1. The molecule has 0 aliphatic heterocycles. The van der Waals surface area contributed by atoms with Gasteiger partial charge in [0, 0.05) is 18.4 Å². The van der Waals surface area contributed by atoms with E-state index in [1.807, 2.05) is 51.1 Å². The van der Waals surface area contributed by atoms with E-state index in [9.17, 15) is 4.79 Å². The van der Waals surface area contributed by atoms with Gasteiger partial charge in [0.15, 0.2) is 6.61 Å². The fourth-order valence-electron chi connectivity index (χ4n) is 2.39. The molecule has 25 heavy (non-hydrogen) atoms. The van der Waals surface area contributed by atoms with Crippen LogP contribution in [0.1, 0.15) is 18.1 Å². The molecule has 0 atom stereocenters. The number of carbonyl (C=O) groups excluding carboxylic acids is 1. The Balaban J connectivity index is 1.83. The summed E-state index contributed by atoms with van der Waals surface area (Å²) in [6.45, 7) is 7.57. The smallest absolute Gasteiger partial charge is 0.262 e. The van der Waals surface area contributed by atoms with Gasteiger partial charge in [-0.1, -0.05) is 12.1 Å². The molecule has 0 aliphatic carbocycles. The summed E-state index contributed by atoms with van der Waals surface area (Å²) in [5.41, 5.74) is 2.88. The molecule has 0 heterocycles. The number of carbonyl (C=O) groups is 1. The van der Waals surface area contributed by atoms with Crippen molar-refractivity contribution in [1.82, 2.24) is 0 Å². The first-order valence-electron chi connectivity index (χ1n) is 8.38. The highest BCUT2D eigenvalue weighted by Gasteiger charge is 2.06. The number of ether oxygens (including phenoxy) is 3.